The lowest BCUT2D eigenvalue weighted by Crippen LogP contribution is -2.23. The van der Waals surface area contributed by atoms with E-state index in [-0.39, 0.29) is 12.4 Å². The minimum atomic E-state index is -3.35. The normalized spacial score (nSPS) is 11.7. The Bertz CT molecular complexity index is 1020. The highest BCUT2D eigenvalue weighted by atomic mass is 32.2. The van der Waals surface area contributed by atoms with Crippen LogP contribution in [0.5, 0.6) is 0 Å². The molecule has 1 N–H and O–H groups in total. The van der Waals surface area contributed by atoms with E-state index in [1.807, 2.05) is 35.8 Å². The van der Waals surface area contributed by atoms with Crippen LogP contribution in [0.25, 0.3) is 5.69 Å². The van der Waals surface area contributed by atoms with Crippen LogP contribution in [0.1, 0.15) is 17.0 Å². The number of benzene rings is 2. The second kappa shape index (κ2) is 8.20. The van der Waals surface area contributed by atoms with Crippen molar-refractivity contribution >= 4 is 21.8 Å². The van der Waals surface area contributed by atoms with Gasteiger partial charge in [-0.05, 0) is 36.8 Å². The van der Waals surface area contributed by atoms with Crippen LogP contribution in [0.15, 0.2) is 53.7 Å². The maximum Gasteiger partial charge on any atom is 0.209 e. The number of sulfonamides is 1. The number of halogens is 1. The molecule has 27 heavy (non-hydrogen) atoms. The minimum absolute atomic E-state index is 0.0385. The van der Waals surface area contributed by atoms with Crippen LogP contribution in [-0.2, 0) is 22.3 Å². The average Bonchev–Trinajstić information content (AvgIpc) is 3.02. The molecule has 3 rings (SSSR count). The summed E-state index contributed by atoms with van der Waals surface area (Å²) < 4.78 is 40.2. The van der Waals surface area contributed by atoms with E-state index in [9.17, 15) is 12.8 Å². The summed E-state index contributed by atoms with van der Waals surface area (Å²) in [7, 11) is -3.35. The van der Waals surface area contributed by atoms with Gasteiger partial charge in [0.1, 0.15) is 5.82 Å². The van der Waals surface area contributed by atoms with Gasteiger partial charge < -0.3 is 0 Å². The molecular weight excluding hydrogens is 387 g/mol. The summed E-state index contributed by atoms with van der Waals surface area (Å²) in [6, 6.07) is 14.1. The van der Waals surface area contributed by atoms with Gasteiger partial charge >= 0.3 is 0 Å². The molecule has 0 fully saturated rings. The van der Waals surface area contributed by atoms with Crippen molar-refractivity contribution in [1.82, 2.24) is 19.5 Å². The first-order valence-corrected chi connectivity index (χ1v) is 11.0. The van der Waals surface area contributed by atoms with Crippen molar-refractivity contribution in [1.29, 1.82) is 0 Å². The molecule has 0 amide bonds. The van der Waals surface area contributed by atoms with Crippen LogP contribution in [0.3, 0.4) is 0 Å². The SMILES string of the molecule is Cc1ccc(-n2c(CNS(C)(=O)=O)nnc2SCc2ccc(F)cc2)cc1. The molecule has 9 heteroatoms. The van der Waals surface area contributed by atoms with Crippen molar-refractivity contribution in [2.24, 2.45) is 0 Å². The van der Waals surface area contributed by atoms with E-state index in [0.29, 0.717) is 16.7 Å². The zero-order valence-corrected chi connectivity index (χ0v) is 16.5. The Morgan fingerprint density at radius 1 is 1.07 bits per heavy atom. The van der Waals surface area contributed by atoms with Crippen LogP contribution in [-0.4, -0.2) is 29.4 Å². The van der Waals surface area contributed by atoms with Gasteiger partial charge in [0, 0.05) is 11.4 Å². The monoisotopic (exact) mass is 406 g/mol. The molecule has 0 saturated carbocycles. The molecule has 1 heterocycles. The van der Waals surface area contributed by atoms with Crippen molar-refractivity contribution in [3.05, 3.63) is 71.3 Å². The standard InChI is InChI=1S/C18H19FN4O2S2/c1-13-3-9-16(10-4-13)23-17(11-20-27(2,24)25)21-22-18(23)26-12-14-5-7-15(19)8-6-14/h3-10,20H,11-12H2,1-2H3. The van der Waals surface area contributed by atoms with E-state index in [2.05, 4.69) is 14.9 Å². The molecule has 3 aromatic rings. The van der Waals surface area contributed by atoms with E-state index < -0.39 is 10.0 Å². The van der Waals surface area contributed by atoms with E-state index in [1.165, 1.54) is 23.9 Å². The second-order valence-corrected chi connectivity index (χ2v) is 8.85. The summed E-state index contributed by atoms with van der Waals surface area (Å²) in [6.45, 7) is 2.03. The van der Waals surface area contributed by atoms with Crippen molar-refractivity contribution in [2.45, 2.75) is 24.4 Å². The van der Waals surface area contributed by atoms with Gasteiger partial charge in [-0.3, -0.25) is 4.57 Å². The first-order valence-electron chi connectivity index (χ1n) is 8.15. The van der Waals surface area contributed by atoms with Gasteiger partial charge in [0.05, 0.1) is 12.8 Å². The number of nitrogens with zero attached hydrogens (tertiary/aromatic N) is 3. The zero-order valence-electron chi connectivity index (χ0n) is 14.9. The van der Waals surface area contributed by atoms with Crippen molar-refractivity contribution in [3.8, 4) is 5.69 Å². The third-order valence-electron chi connectivity index (χ3n) is 3.77. The molecule has 142 valence electrons. The van der Waals surface area contributed by atoms with Gasteiger partial charge in [0.2, 0.25) is 10.0 Å². The zero-order chi connectivity index (χ0) is 19.4. The summed E-state index contributed by atoms with van der Waals surface area (Å²) in [5.41, 5.74) is 2.91. The quantitative estimate of drug-likeness (QED) is 0.610. The molecule has 0 atom stereocenters. The Hall–Kier alpha value is -2.23. The Morgan fingerprint density at radius 2 is 1.74 bits per heavy atom. The van der Waals surface area contributed by atoms with Crippen LogP contribution in [0, 0.1) is 12.7 Å². The molecule has 6 nitrogen and oxygen atoms in total. The maximum atomic E-state index is 13.1. The molecule has 1 aromatic heterocycles. The molecule has 0 spiro atoms. The van der Waals surface area contributed by atoms with Gasteiger partial charge in [-0.2, -0.15) is 0 Å². The van der Waals surface area contributed by atoms with Gasteiger partial charge in [-0.1, -0.05) is 41.6 Å². The number of nitrogens with one attached hydrogen (secondary N) is 1. The number of hydrogen-bond acceptors (Lipinski definition) is 5. The fraction of sp³-hybridized carbons (Fsp3) is 0.222. The van der Waals surface area contributed by atoms with Gasteiger partial charge in [-0.25, -0.2) is 17.5 Å². The maximum absolute atomic E-state index is 13.1. The lowest BCUT2D eigenvalue weighted by Gasteiger charge is -2.11. The third-order valence-corrected chi connectivity index (χ3v) is 5.44. The lowest BCUT2D eigenvalue weighted by molar-refractivity contribution is 0.584. The predicted molar refractivity (Wildman–Crippen MR) is 104 cm³/mol. The molecule has 0 aliphatic heterocycles. The van der Waals surface area contributed by atoms with Crippen molar-refractivity contribution in [2.75, 3.05) is 6.26 Å². The number of rotatable bonds is 7. The molecule has 0 aliphatic rings. The molecular formula is C18H19FN4O2S2. The summed E-state index contributed by atoms with van der Waals surface area (Å²) in [5, 5.41) is 9.00. The minimum Gasteiger partial charge on any atom is -0.273 e. The average molecular weight is 407 g/mol. The summed E-state index contributed by atoms with van der Waals surface area (Å²) in [5.74, 6) is 0.802. The molecule has 0 radical (unpaired) electrons. The molecule has 0 unspecified atom stereocenters. The van der Waals surface area contributed by atoms with Gasteiger partial charge in [-0.15, -0.1) is 10.2 Å². The van der Waals surface area contributed by atoms with E-state index in [0.717, 1.165) is 23.1 Å². The Kier molecular flexibility index (Phi) is 5.93. The molecule has 0 saturated heterocycles. The van der Waals surface area contributed by atoms with Crippen molar-refractivity contribution < 1.29 is 12.8 Å². The summed E-state index contributed by atoms with van der Waals surface area (Å²) in [4.78, 5) is 0. The van der Waals surface area contributed by atoms with Crippen molar-refractivity contribution in [3.63, 3.8) is 0 Å². The number of hydrogen-bond donors (Lipinski definition) is 1. The fourth-order valence-corrected chi connectivity index (χ4v) is 3.70. The second-order valence-electron chi connectivity index (χ2n) is 6.08. The summed E-state index contributed by atoms with van der Waals surface area (Å²) >= 11 is 1.45. The van der Waals surface area contributed by atoms with Crippen LogP contribution >= 0.6 is 11.8 Å². The lowest BCUT2D eigenvalue weighted by atomic mass is 10.2. The largest absolute Gasteiger partial charge is 0.273 e. The predicted octanol–water partition coefficient (Wildman–Crippen LogP) is 3.06. The van der Waals surface area contributed by atoms with Crippen LogP contribution in [0.4, 0.5) is 4.39 Å². The summed E-state index contributed by atoms with van der Waals surface area (Å²) in [6.07, 6.45) is 1.10. The highest BCUT2D eigenvalue weighted by molar-refractivity contribution is 7.98. The molecule has 0 aliphatic carbocycles. The highest BCUT2D eigenvalue weighted by Gasteiger charge is 2.16. The van der Waals surface area contributed by atoms with Gasteiger partial charge in [0.25, 0.3) is 0 Å². The van der Waals surface area contributed by atoms with Crippen LogP contribution < -0.4 is 4.72 Å². The Morgan fingerprint density at radius 3 is 2.37 bits per heavy atom. The van der Waals surface area contributed by atoms with Crippen LogP contribution in [0.2, 0.25) is 0 Å². The molecule has 2 aromatic carbocycles. The third kappa shape index (κ3) is 5.38. The van der Waals surface area contributed by atoms with Gasteiger partial charge in [0.15, 0.2) is 11.0 Å². The first-order chi connectivity index (χ1) is 12.8. The molecule has 0 bridgehead atoms. The Labute approximate surface area is 161 Å². The number of aryl methyl sites for hydroxylation is 1. The number of aromatic nitrogens is 3. The number of thioether (sulfide) groups is 1. The topological polar surface area (TPSA) is 76.9 Å². The smallest absolute Gasteiger partial charge is 0.209 e. The highest BCUT2D eigenvalue weighted by Crippen LogP contribution is 2.25. The first kappa shape index (κ1) is 19.5. The fourth-order valence-electron chi connectivity index (χ4n) is 2.39. The van der Waals surface area contributed by atoms with E-state index in [1.54, 1.807) is 12.1 Å². The Balaban J connectivity index is 1.89. The van der Waals surface area contributed by atoms with E-state index >= 15 is 0 Å². The van der Waals surface area contributed by atoms with E-state index in [4.69, 9.17) is 0 Å².